The quantitative estimate of drug-likeness (QED) is 0.517. The van der Waals surface area contributed by atoms with Crippen molar-refractivity contribution < 1.29 is 9.90 Å². The minimum absolute atomic E-state index is 0.243. The summed E-state index contributed by atoms with van der Waals surface area (Å²) < 4.78 is 0. The highest BCUT2D eigenvalue weighted by atomic mass is 16.4. The van der Waals surface area contributed by atoms with Crippen molar-refractivity contribution in [2.45, 2.75) is 0 Å². The van der Waals surface area contributed by atoms with Crippen molar-refractivity contribution in [3.8, 4) is 0 Å². The number of carboxylic acid groups (broad SMARTS) is 1. The van der Waals surface area contributed by atoms with Gasteiger partial charge in [0.15, 0.2) is 0 Å². The SMILES string of the molecule is CN=C(N)c1ccc(C(=O)O)cc1. The summed E-state index contributed by atoms with van der Waals surface area (Å²) in [5.74, 6) is -0.546. The lowest BCUT2D eigenvalue weighted by Gasteiger charge is -1.99. The van der Waals surface area contributed by atoms with Crippen molar-refractivity contribution in [3.63, 3.8) is 0 Å². The molecule has 0 fully saturated rings. The molecule has 0 spiro atoms. The van der Waals surface area contributed by atoms with E-state index >= 15 is 0 Å². The highest BCUT2D eigenvalue weighted by Gasteiger charge is 2.02. The predicted octanol–water partition coefficient (Wildman–Crippen LogP) is 0.720. The first kappa shape index (κ1) is 9.25. The van der Waals surface area contributed by atoms with Gasteiger partial charge in [-0.2, -0.15) is 0 Å². The standard InChI is InChI=1S/C9H10N2O2/c1-11-8(10)6-2-4-7(5-3-6)9(12)13/h2-5H,1H3,(H2,10,11)(H,12,13). The zero-order valence-corrected chi connectivity index (χ0v) is 7.19. The van der Waals surface area contributed by atoms with Crippen LogP contribution in [0.2, 0.25) is 0 Å². The molecule has 1 rings (SSSR count). The molecule has 0 saturated carbocycles. The van der Waals surface area contributed by atoms with E-state index in [4.69, 9.17) is 10.8 Å². The molecule has 0 aliphatic carbocycles. The maximum atomic E-state index is 10.5. The summed E-state index contributed by atoms with van der Waals surface area (Å²) in [6.07, 6.45) is 0. The number of nitrogens with zero attached hydrogens (tertiary/aromatic N) is 1. The fourth-order valence-corrected chi connectivity index (χ4v) is 0.913. The Balaban J connectivity index is 3.00. The molecule has 0 radical (unpaired) electrons. The summed E-state index contributed by atoms with van der Waals surface area (Å²) in [7, 11) is 1.58. The molecule has 4 nitrogen and oxygen atoms in total. The van der Waals surface area contributed by atoms with Gasteiger partial charge in [-0.15, -0.1) is 0 Å². The van der Waals surface area contributed by atoms with Gasteiger partial charge >= 0.3 is 5.97 Å². The molecular formula is C9H10N2O2. The van der Waals surface area contributed by atoms with Crippen molar-refractivity contribution >= 4 is 11.8 Å². The number of aliphatic imine (C=N–C) groups is 1. The summed E-state index contributed by atoms with van der Waals surface area (Å²) in [5.41, 5.74) is 6.50. The fourth-order valence-electron chi connectivity index (χ4n) is 0.913. The van der Waals surface area contributed by atoms with E-state index in [1.165, 1.54) is 12.1 Å². The van der Waals surface area contributed by atoms with Crippen molar-refractivity contribution in [2.24, 2.45) is 10.7 Å². The third-order valence-corrected chi connectivity index (χ3v) is 1.67. The molecule has 0 amide bonds. The molecule has 0 atom stereocenters. The Morgan fingerprint density at radius 2 is 1.77 bits per heavy atom. The normalized spacial score (nSPS) is 11.3. The van der Waals surface area contributed by atoms with E-state index in [-0.39, 0.29) is 5.56 Å². The summed E-state index contributed by atoms with van der Waals surface area (Å²) in [5, 5.41) is 8.61. The molecule has 1 aromatic rings. The van der Waals surface area contributed by atoms with Gasteiger partial charge in [-0.1, -0.05) is 12.1 Å². The maximum Gasteiger partial charge on any atom is 0.335 e. The smallest absolute Gasteiger partial charge is 0.335 e. The van der Waals surface area contributed by atoms with Crippen molar-refractivity contribution in [3.05, 3.63) is 35.4 Å². The summed E-state index contributed by atoms with van der Waals surface area (Å²) in [6.45, 7) is 0. The second-order valence-electron chi connectivity index (χ2n) is 2.49. The highest BCUT2D eigenvalue weighted by molar-refractivity contribution is 5.98. The van der Waals surface area contributed by atoms with Gasteiger partial charge in [0.2, 0.25) is 0 Å². The third-order valence-electron chi connectivity index (χ3n) is 1.67. The van der Waals surface area contributed by atoms with Crippen LogP contribution in [0.15, 0.2) is 29.3 Å². The number of amidine groups is 1. The lowest BCUT2D eigenvalue weighted by molar-refractivity contribution is 0.0697. The number of carbonyl (C=O) groups is 1. The van der Waals surface area contributed by atoms with E-state index in [2.05, 4.69) is 4.99 Å². The van der Waals surface area contributed by atoms with Crippen LogP contribution in [0.4, 0.5) is 0 Å². The Hall–Kier alpha value is -1.84. The minimum atomic E-state index is -0.946. The van der Waals surface area contributed by atoms with Crippen LogP contribution in [0.5, 0.6) is 0 Å². The number of aromatic carboxylic acids is 1. The first-order valence-corrected chi connectivity index (χ1v) is 3.71. The molecular weight excluding hydrogens is 168 g/mol. The van der Waals surface area contributed by atoms with Crippen LogP contribution < -0.4 is 5.73 Å². The average molecular weight is 178 g/mol. The molecule has 0 saturated heterocycles. The van der Waals surface area contributed by atoms with Gasteiger partial charge < -0.3 is 10.8 Å². The average Bonchev–Trinajstić information content (AvgIpc) is 2.17. The highest BCUT2D eigenvalue weighted by Crippen LogP contribution is 2.03. The van der Waals surface area contributed by atoms with Crippen molar-refractivity contribution in [2.75, 3.05) is 7.05 Å². The van der Waals surface area contributed by atoms with Crippen LogP contribution in [0.25, 0.3) is 0 Å². The molecule has 0 bridgehead atoms. The monoisotopic (exact) mass is 178 g/mol. The number of hydrogen-bond donors (Lipinski definition) is 2. The molecule has 1 aromatic carbocycles. The van der Waals surface area contributed by atoms with Gasteiger partial charge in [-0.25, -0.2) is 4.79 Å². The summed E-state index contributed by atoms with van der Waals surface area (Å²) in [6, 6.07) is 6.25. The van der Waals surface area contributed by atoms with E-state index < -0.39 is 5.97 Å². The Labute approximate surface area is 75.7 Å². The zero-order chi connectivity index (χ0) is 9.84. The molecule has 68 valence electrons. The second kappa shape index (κ2) is 3.71. The zero-order valence-electron chi connectivity index (χ0n) is 7.19. The molecule has 0 aliphatic rings. The Morgan fingerprint density at radius 1 is 1.31 bits per heavy atom. The Bertz CT molecular complexity index is 341. The first-order valence-electron chi connectivity index (χ1n) is 3.71. The maximum absolute atomic E-state index is 10.5. The minimum Gasteiger partial charge on any atom is -0.478 e. The van der Waals surface area contributed by atoms with Crippen LogP contribution in [-0.4, -0.2) is 24.0 Å². The molecule has 3 N–H and O–H groups in total. The van der Waals surface area contributed by atoms with Crippen molar-refractivity contribution in [1.29, 1.82) is 0 Å². The molecule has 0 aromatic heterocycles. The van der Waals surface area contributed by atoms with E-state index in [9.17, 15) is 4.79 Å². The molecule has 0 unspecified atom stereocenters. The number of carboxylic acids is 1. The number of nitrogens with two attached hydrogens (primary N) is 1. The Kier molecular flexibility index (Phi) is 2.64. The van der Waals surface area contributed by atoms with Gasteiger partial charge in [0.05, 0.1) is 5.56 Å². The van der Waals surface area contributed by atoms with Crippen LogP contribution in [0, 0.1) is 0 Å². The largest absolute Gasteiger partial charge is 0.478 e. The molecule has 4 heteroatoms. The van der Waals surface area contributed by atoms with E-state index in [0.29, 0.717) is 5.84 Å². The molecule has 0 aliphatic heterocycles. The van der Waals surface area contributed by atoms with Gasteiger partial charge in [0, 0.05) is 12.6 Å². The Morgan fingerprint density at radius 3 is 2.15 bits per heavy atom. The van der Waals surface area contributed by atoms with Crippen LogP contribution in [-0.2, 0) is 0 Å². The van der Waals surface area contributed by atoms with E-state index in [1.807, 2.05) is 0 Å². The van der Waals surface area contributed by atoms with Gasteiger partial charge in [0.1, 0.15) is 5.84 Å². The third kappa shape index (κ3) is 2.05. The molecule has 0 heterocycles. The van der Waals surface area contributed by atoms with Gasteiger partial charge in [-0.05, 0) is 12.1 Å². The summed E-state index contributed by atoms with van der Waals surface area (Å²) in [4.78, 5) is 14.3. The lowest BCUT2D eigenvalue weighted by Crippen LogP contribution is -2.12. The number of benzene rings is 1. The number of hydrogen-bond acceptors (Lipinski definition) is 2. The van der Waals surface area contributed by atoms with Gasteiger partial charge in [0.25, 0.3) is 0 Å². The summed E-state index contributed by atoms with van der Waals surface area (Å²) >= 11 is 0. The molecule has 13 heavy (non-hydrogen) atoms. The van der Waals surface area contributed by atoms with Crippen LogP contribution in [0.1, 0.15) is 15.9 Å². The lowest BCUT2D eigenvalue weighted by atomic mass is 10.1. The van der Waals surface area contributed by atoms with Gasteiger partial charge in [-0.3, -0.25) is 4.99 Å². The topological polar surface area (TPSA) is 75.7 Å². The van der Waals surface area contributed by atoms with E-state index in [0.717, 1.165) is 5.56 Å². The fraction of sp³-hybridized carbons (Fsp3) is 0.111. The van der Waals surface area contributed by atoms with Crippen molar-refractivity contribution in [1.82, 2.24) is 0 Å². The van der Waals surface area contributed by atoms with Crippen LogP contribution >= 0.6 is 0 Å². The second-order valence-corrected chi connectivity index (χ2v) is 2.49. The predicted molar refractivity (Wildman–Crippen MR) is 50.0 cm³/mol. The first-order chi connectivity index (χ1) is 6.15. The van der Waals surface area contributed by atoms with E-state index in [1.54, 1.807) is 19.2 Å². The van der Waals surface area contributed by atoms with Crippen LogP contribution in [0.3, 0.4) is 0 Å². The number of rotatable bonds is 2.